The molecule has 4 aromatic rings. The second-order valence-corrected chi connectivity index (χ2v) is 7.51. The molecule has 5 heteroatoms. The van der Waals surface area contributed by atoms with E-state index >= 15 is 0 Å². The van der Waals surface area contributed by atoms with Crippen LogP contribution in [-0.2, 0) is 6.54 Å². The molecule has 2 aromatic carbocycles. The fourth-order valence-electron chi connectivity index (χ4n) is 3.24. The summed E-state index contributed by atoms with van der Waals surface area (Å²) < 4.78 is 1.71. The van der Waals surface area contributed by atoms with Crippen LogP contribution in [0.5, 0.6) is 0 Å². The third-order valence-electron chi connectivity index (χ3n) is 5.20. The summed E-state index contributed by atoms with van der Waals surface area (Å²) in [5.74, 6) is -0.179. The molecule has 150 valence electrons. The summed E-state index contributed by atoms with van der Waals surface area (Å²) in [6, 6.07) is 19.9. The Hall–Kier alpha value is -3.73. The van der Waals surface area contributed by atoms with Gasteiger partial charge < -0.3 is 5.32 Å². The molecule has 0 aliphatic rings. The molecule has 0 bridgehead atoms. The van der Waals surface area contributed by atoms with Crippen LogP contribution < -0.4 is 5.32 Å². The summed E-state index contributed by atoms with van der Waals surface area (Å²) in [5, 5.41) is 7.75. The lowest BCUT2D eigenvalue weighted by molar-refractivity contribution is 0.0943. The highest BCUT2D eigenvalue weighted by atomic mass is 16.2. The van der Waals surface area contributed by atoms with E-state index in [-0.39, 0.29) is 5.91 Å². The van der Waals surface area contributed by atoms with Gasteiger partial charge in [0.2, 0.25) is 0 Å². The smallest absolute Gasteiger partial charge is 0.270 e. The van der Waals surface area contributed by atoms with E-state index in [1.165, 1.54) is 11.1 Å². The average Bonchev–Trinajstić information content (AvgIpc) is 3.21. The van der Waals surface area contributed by atoms with Gasteiger partial charge in [0.05, 0.1) is 11.4 Å². The van der Waals surface area contributed by atoms with E-state index < -0.39 is 0 Å². The van der Waals surface area contributed by atoms with Crippen LogP contribution in [0.2, 0.25) is 0 Å². The van der Waals surface area contributed by atoms with Crippen molar-refractivity contribution in [2.75, 3.05) is 0 Å². The summed E-state index contributed by atoms with van der Waals surface area (Å²) in [6.07, 6.45) is 3.46. The zero-order valence-electron chi connectivity index (χ0n) is 17.4. The van der Waals surface area contributed by atoms with Crippen molar-refractivity contribution in [3.63, 3.8) is 0 Å². The number of hydrogen-bond acceptors (Lipinski definition) is 3. The number of carbonyl (C=O) groups excluding carboxylic acids is 1. The first-order chi connectivity index (χ1) is 14.5. The Morgan fingerprint density at radius 3 is 2.47 bits per heavy atom. The number of nitrogens with one attached hydrogen (secondary N) is 1. The van der Waals surface area contributed by atoms with Crippen molar-refractivity contribution in [3.8, 4) is 16.9 Å². The van der Waals surface area contributed by atoms with Crippen molar-refractivity contribution in [1.29, 1.82) is 0 Å². The molecule has 5 nitrogen and oxygen atoms in total. The maximum absolute atomic E-state index is 13.1. The van der Waals surface area contributed by atoms with Crippen LogP contribution in [0, 0.1) is 20.8 Å². The van der Waals surface area contributed by atoms with Crippen LogP contribution in [0.4, 0.5) is 0 Å². The van der Waals surface area contributed by atoms with Gasteiger partial charge in [-0.3, -0.25) is 9.78 Å². The van der Waals surface area contributed by atoms with Gasteiger partial charge in [-0.05, 0) is 67.8 Å². The number of rotatable bonds is 5. The summed E-state index contributed by atoms with van der Waals surface area (Å²) in [4.78, 5) is 17.2. The van der Waals surface area contributed by atoms with Gasteiger partial charge in [-0.15, -0.1) is 0 Å². The molecular formula is C25H24N4O. The second-order valence-electron chi connectivity index (χ2n) is 7.51. The molecule has 2 heterocycles. The van der Waals surface area contributed by atoms with E-state index in [1.54, 1.807) is 17.1 Å². The van der Waals surface area contributed by atoms with Crippen LogP contribution in [0.1, 0.15) is 32.7 Å². The number of nitrogens with zero attached hydrogens (tertiary/aromatic N) is 3. The molecule has 0 saturated heterocycles. The van der Waals surface area contributed by atoms with Crippen molar-refractivity contribution in [3.05, 3.63) is 101 Å². The Labute approximate surface area is 176 Å². The lowest BCUT2D eigenvalue weighted by Gasteiger charge is -2.08. The summed E-state index contributed by atoms with van der Waals surface area (Å²) in [6.45, 7) is 6.61. The lowest BCUT2D eigenvalue weighted by atomic mass is 10.0. The van der Waals surface area contributed by atoms with Gasteiger partial charge in [-0.1, -0.05) is 35.9 Å². The van der Waals surface area contributed by atoms with Crippen molar-refractivity contribution in [2.24, 2.45) is 0 Å². The molecule has 1 N–H and O–H groups in total. The van der Waals surface area contributed by atoms with E-state index in [4.69, 9.17) is 5.10 Å². The molecule has 0 aliphatic heterocycles. The second kappa shape index (κ2) is 8.33. The molecule has 0 spiro atoms. The molecule has 1 amide bonds. The summed E-state index contributed by atoms with van der Waals surface area (Å²) in [5.41, 5.74) is 7.63. The van der Waals surface area contributed by atoms with E-state index in [2.05, 4.69) is 36.3 Å². The van der Waals surface area contributed by atoms with Crippen LogP contribution >= 0.6 is 0 Å². The van der Waals surface area contributed by atoms with Gasteiger partial charge in [0.15, 0.2) is 0 Å². The predicted octanol–water partition coefficient (Wildman–Crippen LogP) is 4.79. The zero-order valence-corrected chi connectivity index (χ0v) is 17.4. The van der Waals surface area contributed by atoms with Crippen molar-refractivity contribution >= 4 is 5.91 Å². The predicted molar refractivity (Wildman–Crippen MR) is 119 cm³/mol. The quantitative estimate of drug-likeness (QED) is 0.528. The number of benzene rings is 2. The van der Waals surface area contributed by atoms with Gasteiger partial charge in [0, 0.05) is 24.5 Å². The third-order valence-corrected chi connectivity index (χ3v) is 5.20. The molecule has 30 heavy (non-hydrogen) atoms. The van der Waals surface area contributed by atoms with Gasteiger partial charge >= 0.3 is 0 Å². The molecule has 0 radical (unpaired) electrons. The molecule has 4 rings (SSSR count). The average molecular weight is 396 g/mol. The monoisotopic (exact) mass is 396 g/mol. The molecule has 0 aliphatic carbocycles. The Morgan fingerprint density at radius 2 is 1.77 bits per heavy atom. The van der Waals surface area contributed by atoms with E-state index in [0.717, 1.165) is 28.1 Å². The Morgan fingerprint density at radius 1 is 0.967 bits per heavy atom. The fraction of sp³-hybridized carbons (Fsp3) is 0.160. The number of hydrogen-bond donors (Lipinski definition) is 1. The van der Waals surface area contributed by atoms with E-state index in [9.17, 15) is 4.79 Å². The highest BCUT2D eigenvalue weighted by Gasteiger charge is 2.18. The number of carbonyl (C=O) groups is 1. The minimum atomic E-state index is -0.179. The molecule has 0 unspecified atom stereocenters. The largest absolute Gasteiger partial charge is 0.347 e. The highest BCUT2D eigenvalue weighted by molar-refractivity contribution is 5.94. The van der Waals surface area contributed by atoms with Crippen molar-refractivity contribution in [2.45, 2.75) is 27.3 Å². The standard InChI is InChI=1S/C25H24N4O/c1-17-6-10-22(11-7-17)29-24(25(30)27-16-20-5-4-12-26-15-20)14-23(28-29)21-9-8-18(2)19(3)13-21/h4-15H,16H2,1-3H3,(H,27,30). The van der Waals surface area contributed by atoms with Gasteiger partial charge in [-0.2, -0.15) is 5.10 Å². The van der Waals surface area contributed by atoms with Crippen LogP contribution in [0.25, 0.3) is 16.9 Å². The molecule has 2 aromatic heterocycles. The summed E-state index contributed by atoms with van der Waals surface area (Å²) in [7, 11) is 0. The Balaban J connectivity index is 1.71. The molecule has 0 saturated carbocycles. The van der Waals surface area contributed by atoms with Crippen molar-refractivity contribution in [1.82, 2.24) is 20.1 Å². The number of amides is 1. The molecule has 0 atom stereocenters. The SMILES string of the molecule is Cc1ccc(-n2nc(-c3ccc(C)c(C)c3)cc2C(=O)NCc2cccnc2)cc1. The minimum absolute atomic E-state index is 0.179. The first kappa shape index (κ1) is 19.6. The number of pyridine rings is 1. The fourth-order valence-corrected chi connectivity index (χ4v) is 3.24. The zero-order chi connectivity index (χ0) is 21.1. The van der Waals surface area contributed by atoms with Gasteiger partial charge in [0.25, 0.3) is 5.91 Å². The minimum Gasteiger partial charge on any atom is -0.347 e. The van der Waals surface area contributed by atoms with Gasteiger partial charge in [0.1, 0.15) is 5.69 Å². The lowest BCUT2D eigenvalue weighted by Crippen LogP contribution is -2.25. The molecular weight excluding hydrogens is 372 g/mol. The third kappa shape index (κ3) is 4.15. The van der Waals surface area contributed by atoms with Gasteiger partial charge in [-0.25, -0.2) is 4.68 Å². The highest BCUT2D eigenvalue weighted by Crippen LogP contribution is 2.24. The topological polar surface area (TPSA) is 59.8 Å². The van der Waals surface area contributed by atoms with E-state index in [0.29, 0.717) is 12.2 Å². The maximum atomic E-state index is 13.1. The normalized spacial score (nSPS) is 10.8. The first-order valence-electron chi connectivity index (χ1n) is 9.93. The Kier molecular flexibility index (Phi) is 5.44. The maximum Gasteiger partial charge on any atom is 0.270 e. The van der Waals surface area contributed by atoms with E-state index in [1.807, 2.05) is 55.5 Å². The summed E-state index contributed by atoms with van der Waals surface area (Å²) >= 11 is 0. The molecule has 0 fully saturated rings. The first-order valence-corrected chi connectivity index (χ1v) is 9.93. The Bertz CT molecular complexity index is 1180. The van der Waals surface area contributed by atoms with Crippen LogP contribution in [0.15, 0.2) is 73.1 Å². The number of aryl methyl sites for hydroxylation is 3. The van der Waals surface area contributed by atoms with Crippen LogP contribution in [0.3, 0.4) is 0 Å². The number of aromatic nitrogens is 3. The van der Waals surface area contributed by atoms with Crippen molar-refractivity contribution < 1.29 is 4.79 Å². The van der Waals surface area contributed by atoms with Crippen LogP contribution in [-0.4, -0.2) is 20.7 Å².